The van der Waals surface area contributed by atoms with E-state index in [1.165, 1.54) is 29.5 Å². The maximum absolute atomic E-state index is 11.3. The monoisotopic (exact) mass is 402 g/mol. The topological polar surface area (TPSA) is 135 Å². The van der Waals surface area contributed by atoms with E-state index in [0.29, 0.717) is 17.3 Å². The van der Waals surface area contributed by atoms with Crippen molar-refractivity contribution in [2.45, 2.75) is 4.90 Å². The predicted molar refractivity (Wildman–Crippen MR) is 103 cm³/mol. The number of carboxylic acid groups (broad SMARTS) is 1. The van der Waals surface area contributed by atoms with Crippen LogP contribution in [0.25, 0.3) is 16.6 Å². The number of carboxylic acids is 1. The van der Waals surface area contributed by atoms with Gasteiger partial charge in [0.05, 0.1) is 15.5 Å². The van der Waals surface area contributed by atoms with E-state index in [2.05, 4.69) is 15.3 Å². The van der Waals surface area contributed by atoms with Gasteiger partial charge in [0.2, 0.25) is 16.0 Å². The molecule has 0 unspecified atom stereocenters. The Morgan fingerprint density at radius 2 is 1.89 bits per heavy atom. The number of carbonyl (C=O) groups is 1. The van der Waals surface area contributed by atoms with Gasteiger partial charge in [-0.1, -0.05) is 0 Å². The normalized spacial score (nSPS) is 11.6. The largest absolute Gasteiger partial charge is 0.478 e. The predicted octanol–water partition coefficient (Wildman–Crippen LogP) is 2.69. The Bertz CT molecular complexity index is 1110. The molecule has 3 rings (SSSR count). The maximum Gasteiger partial charge on any atom is 0.328 e. The molecule has 4 N–H and O–H groups in total. The van der Waals surface area contributed by atoms with E-state index in [1.54, 1.807) is 30.5 Å². The van der Waals surface area contributed by atoms with E-state index in [4.69, 9.17) is 10.2 Å². The van der Waals surface area contributed by atoms with Crippen molar-refractivity contribution in [3.63, 3.8) is 0 Å². The van der Waals surface area contributed by atoms with Gasteiger partial charge in [0.25, 0.3) is 0 Å². The molecule has 0 aliphatic heterocycles. The van der Waals surface area contributed by atoms with Gasteiger partial charge in [0.15, 0.2) is 0 Å². The quantitative estimate of drug-likeness (QED) is 0.539. The summed E-state index contributed by atoms with van der Waals surface area (Å²) in [4.78, 5) is 20.8. The van der Waals surface area contributed by atoms with E-state index < -0.39 is 16.0 Å². The molecular weight excluding hydrogens is 388 g/mol. The molecule has 0 radical (unpaired) electrons. The minimum Gasteiger partial charge on any atom is -0.478 e. The van der Waals surface area contributed by atoms with E-state index >= 15 is 0 Å². The molecular formula is C17H14N4O4S2. The number of nitrogens with one attached hydrogen (secondary N) is 1. The lowest BCUT2D eigenvalue weighted by atomic mass is 10.3. The summed E-state index contributed by atoms with van der Waals surface area (Å²) in [5.74, 6) is -0.668. The van der Waals surface area contributed by atoms with Crippen LogP contribution in [0.4, 0.5) is 11.6 Å². The second-order valence-electron chi connectivity index (χ2n) is 5.33. The molecule has 0 amide bonds. The van der Waals surface area contributed by atoms with Crippen LogP contribution in [0.15, 0.2) is 59.6 Å². The lowest BCUT2D eigenvalue weighted by Crippen LogP contribution is -2.11. The minimum absolute atomic E-state index is 0.0169. The molecule has 0 atom stereocenters. The average molecular weight is 402 g/mol. The second-order valence-corrected chi connectivity index (χ2v) is 8.01. The summed E-state index contributed by atoms with van der Waals surface area (Å²) in [7, 11) is -3.74. The Balaban J connectivity index is 1.79. The standard InChI is InChI=1S/C17H14N4O4S2/c18-27(24,25)13-5-1-11(2-6-13)20-17-19-10-9-14(21-17)15-7-3-12(26-15)4-8-16(22)23/h1-10H,(H,22,23)(H2,18,24,25)(H,19,20,21)/b8-4+. The Kier molecular flexibility index (Phi) is 5.31. The van der Waals surface area contributed by atoms with Gasteiger partial charge in [-0.15, -0.1) is 11.3 Å². The van der Waals surface area contributed by atoms with Gasteiger partial charge in [-0.3, -0.25) is 0 Å². The van der Waals surface area contributed by atoms with E-state index in [9.17, 15) is 13.2 Å². The number of hydrogen-bond donors (Lipinski definition) is 3. The number of thiophene rings is 1. The molecule has 1 aromatic carbocycles. The smallest absolute Gasteiger partial charge is 0.328 e. The average Bonchev–Trinajstić information content (AvgIpc) is 3.09. The van der Waals surface area contributed by atoms with Crippen LogP contribution in [0, 0.1) is 0 Å². The van der Waals surface area contributed by atoms with Gasteiger partial charge in [0, 0.05) is 22.8 Å². The number of anilines is 2. The first-order valence-corrected chi connectivity index (χ1v) is 9.92. The van der Waals surface area contributed by atoms with Gasteiger partial charge in [-0.2, -0.15) is 0 Å². The molecule has 3 aromatic rings. The highest BCUT2D eigenvalue weighted by Crippen LogP contribution is 2.28. The summed E-state index contributed by atoms with van der Waals surface area (Å²) >= 11 is 1.40. The summed E-state index contributed by atoms with van der Waals surface area (Å²) in [5.41, 5.74) is 1.28. The third-order valence-electron chi connectivity index (χ3n) is 3.36. The van der Waals surface area contributed by atoms with Crippen molar-refractivity contribution in [3.8, 4) is 10.6 Å². The molecule has 0 fully saturated rings. The molecule has 0 bridgehead atoms. The van der Waals surface area contributed by atoms with Crippen molar-refractivity contribution in [1.82, 2.24) is 9.97 Å². The van der Waals surface area contributed by atoms with E-state index in [0.717, 1.165) is 15.8 Å². The van der Waals surface area contributed by atoms with Crippen LogP contribution in [0.3, 0.4) is 0 Å². The lowest BCUT2D eigenvalue weighted by Gasteiger charge is -2.06. The molecule has 2 aromatic heterocycles. The number of aromatic nitrogens is 2. The molecule has 8 nitrogen and oxygen atoms in total. The zero-order valence-electron chi connectivity index (χ0n) is 13.7. The second kappa shape index (κ2) is 7.66. The van der Waals surface area contributed by atoms with Crippen molar-refractivity contribution in [3.05, 3.63) is 59.6 Å². The summed E-state index contributed by atoms with van der Waals surface area (Å²) in [6, 6.07) is 11.3. The fraction of sp³-hybridized carbons (Fsp3) is 0. The number of rotatable bonds is 6. The van der Waals surface area contributed by atoms with Crippen LogP contribution < -0.4 is 10.5 Å². The number of sulfonamides is 1. The third-order valence-corrected chi connectivity index (χ3v) is 5.37. The van der Waals surface area contributed by atoms with Gasteiger partial charge in [0.1, 0.15) is 0 Å². The van der Waals surface area contributed by atoms with Crippen molar-refractivity contribution in [2.75, 3.05) is 5.32 Å². The number of nitrogens with zero attached hydrogens (tertiary/aromatic N) is 2. The zero-order chi connectivity index (χ0) is 19.4. The van der Waals surface area contributed by atoms with Gasteiger partial charge in [-0.05, 0) is 48.5 Å². The molecule has 0 aliphatic carbocycles. The van der Waals surface area contributed by atoms with Crippen LogP contribution >= 0.6 is 11.3 Å². The Hall–Kier alpha value is -3.08. The fourth-order valence-corrected chi connectivity index (χ4v) is 3.54. The molecule has 27 heavy (non-hydrogen) atoms. The fourth-order valence-electron chi connectivity index (χ4n) is 2.15. The zero-order valence-corrected chi connectivity index (χ0v) is 15.4. The molecule has 2 heterocycles. The summed E-state index contributed by atoms with van der Waals surface area (Å²) in [5, 5.41) is 16.8. The lowest BCUT2D eigenvalue weighted by molar-refractivity contribution is -0.131. The molecule has 10 heteroatoms. The van der Waals surface area contributed by atoms with Gasteiger partial charge >= 0.3 is 5.97 Å². The first kappa shape index (κ1) is 18.7. The van der Waals surface area contributed by atoms with Crippen molar-refractivity contribution in [1.29, 1.82) is 0 Å². The van der Waals surface area contributed by atoms with Crippen molar-refractivity contribution >= 4 is 45.0 Å². The number of hydrogen-bond acceptors (Lipinski definition) is 7. The van der Waals surface area contributed by atoms with E-state index in [-0.39, 0.29) is 4.90 Å². The number of benzene rings is 1. The Morgan fingerprint density at radius 3 is 2.56 bits per heavy atom. The highest BCUT2D eigenvalue weighted by molar-refractivity contribution is 7.89. The number of aliphatic carboxylic acids is 1. The van der Waals surface area contributed by atoms with Crippen LogP contribution in [-0.2, 0) is 14.8 Å². The summed E-state index contributed by atoms with van der Waals surface area (Å²) in [6.07, 6.45) is 4.19. The minimum atomic E-state index is -3.74. The molecule has 0 aliphatic rings. The number of primary sulfonamides is 1. The van der Waals surface area contributed by atoms with Crippen LogP contribution in [0.5, 0.6) is 0 Å². The Labute approximate surface area is 159 Å². The Morgan fingerprint density at radius 1 is 1.15 bits per heavy atom. The SMILES string of the molecule is NS(=O)(=O)c1ccc(Nc2nccc(-c3ccc(/C=C/C(=O)O)s3)n2)cc1. The van der Waals surface area contributed by atoms with Gasteiger partial charge < -0.3 is 10.4 Å². The molecule has 138 valence electrons. The first-order valence-electron chi connectivity index (χ1n) is 7.55. The van der Waals surface area contributed by atoms with Crippen LogP contribution in [0.1, 0.15) is 4.88 Å². The number of nitrogens with two attached hydrogens (primary N) is 1. The van der Waals surface area contributed by atoms with Gasteiger partial charge in [-0.25, -0.2) is 28.3 Å². The highest BCUT2D eigenvalue weighted by atomic mass is 32.2. The van der Waals surface area contributed by atoms with E-state index in [1.807, 2.05) is 6.07 Å². The van der Waals surface area contributed by atoms with Crippen molar-refractivity contribution in [2.24, 2.45) is 5.14 Å². The molecule has 0 saturated heterocycles. The molecule has 0 saturated carbocycles. The third kappa shape index (κ3) is 4.97. The molecule has 0 spiro atoms. The van der Waals surface area contributed by atoms with Crippen molar-refractivity contribution < 1.29 is 18.3 Å². The summed E-state index contributed by atoms with van der Waals surface area (Å²) < 4.78 is 22.6. The van der Waals surface area contributed by atoms with Crippen LogP contribution in [0.2, 0.25) is 0 Å². The first-order chi connectivity index (χ1) is 12.8. The highest BCUT2D eigenvalue weighted by Gasteiger charge is 2.08. The van der Waals surface area contributed by atoms with Crippen LogP contribution in [-0.4, -0.2) is 29.5 Å². The summed E-state index contributed by atoms with van der Waals surface area (Å²) in [6.45, 7) is 0. The maximum atomic E-state index is 11.3.